The highest BCUT2D eigenvalue weighted by Gasteiger charge is 2.27. The van der Waals surface area contributed by atoms with Crippen molar-refractivity contribution in [3.05, 3.63) is 65.1 Å². The minimum absolute atomic E-state index is 0.129. The summed E-state index contributed by atoms with van der Waals surface area (Å²) < 4.78 is 29.1. The predicted molar refractivity (Wildman–Crippen MR) is 118 cm³/mol. The van der Waals surface area contributed by atoms with Crippen LogP contribution >= 0.6 is 11.3 Å². The average Bonchev–Trinajstić information content (AvgIpc) is 3.46. The molecule has 0 atom stereocenters. The van der Waals surface area contributed by atoms with Crippen molar-refractivity contribution in [2.24, 2.45) is 0 Å². The summed E-state index contributed by atoms with van der Waals surface area (Å²) in [6, 6.07) is 11.3. The van der Waals surface area contributed by atoms with Crippen LogP contribution in [-0.2, 0) is 34.3 Å². The average molecular weight is 460 g/mol. The summed E-state index contributed by atoms with van der Waals surface area (Å²) in [6.45, 7) is 2.22. The maximum Gasteiger partial charge on any atom is 0.252 e. The van der Waals surface area contributed by atoms with E-state index in [-0.39, 0.29) is 12.3 Å². The van der Waals surface area contributed by atoms with Crippen LogP contribution in [0.15, 0.2) is 53.3 Å². The van der Waals surface area contributed by atoms with Gasteiger partial charge in [-0.1, -0.05) is 30.7 Å². The molecule has 1 aliphatic rings. The Kier molecular flexibility index (Phi) is 6.79. The molecule has 8 nitrogen and oxygen atoms in total. The maximum absolute atomic E-state index is 12.8. The first-order valence-corrected chi connectivity index (χ1v) is 12.5. The van der Waals surface area contributed by atoms with E-state index in [1.54, 1.807) is 27.4 Å². The number of rotatable bonds is 8. The number of nitrogens with one attached hydrogen (secondary N) is 1. The second-order valence-corrected chi connectivity index (χ2v) is 10.9. The molecule has 3 heterocycles. The number of sulfonamides is 1. The fourth-order valence-electron chi connectivity index (χ4n) is 3.51. The van der Waals surface area contributed by atoms with Crippen LogP contribution < -0.4 is 5.32 Å². The van der Waals surface area contributed by atoms with Gasteiger partial charge in [0, 0.05) is 24.5 Å². The topological polar surface area (TPSA) is 97.2 Å². The lowest BCUT2D eigenvalue weighted by Gasteiger charge is -2.25. The van der Waals surface area contributed by atoms with Crippen molar-refractivity contribution in [2.75, 3.05) is 13.1 Å². The van der Waals surface area contributed by atoms with Gasteiger partial charge in [-0.2, -0.15) is 9.40 Å². The van der Waals surface area contributed by atoms with Crippen LogP contribution in [0.1, 0.15) is 35.3 Å². The summed E-state index contributed by atoms with van der Waals surface area (Å²) >= 11 is 1.18. The molecule has 3 aromatic rings. The van der Waals surface area contributed by atoms with Crippen molar-refractivity contribution in [3.63, 3.8) is 0 Å². The second-order valence-electron chi connectivity index (χ2n) is 7.55. The highest BCUT2D eigenvalue weighted by Crippen LogP contribution is 2.27. The highest BCUT2D eigenvalue weighted by atomic mass is 32.2. The third-order valence-electron chi connectivity index (χ3n) is 5.20. The van der Waals surface area contributed by atoms with Gasteiger partial charge < -0.3 is 5.32 Å². The number of thiophene rings is 1. The fourth-order valence-corrected chi connectivity index (χ4v) is 6.54. The molecule has 0 radical (unpaired) electrons. The van der Waals surface area contributed by atoms with E-state index in [4.69, 9.17) is 0 Å². The van der Waals surface area contributed by atoms with Gasteiger partial charge in [0.1, 0.15) is 16.9 Å². The lowest BCUT2D eigenvalue weighted by atomic mass is 10.1. The number of nitrogens with zero attached hydrogens (tertiary/aromatic N) is 4. The van der Waals surface area contributed by atoms with Crippen molar-refractivity contribution in [2.45, 2.75) is 43.0 Å². The summed E-state index contributed by atoms with van der Waals surface area (Å²) in [7, 11) is -3.45. The molecule has 4 rings (SSSR count). The number of carbonyl (C=O) groups is 1. The number of aromatic nitrogens is 3. The van der Waals surface area contributed by atoms with Crippen LogP contribution in [0.3, 0.4) is 0 Å². The van der Waals surface area contributed by atoms with Gasteiger partial charge in [-0.25, -0.2) is 18.1 Å². The van der Waals surface area contributed by atoms with E-state index < -0.39 is 10.0 Å². The monoisotopic (exact) mass is 459 g/mol. The van der Waals surface area contributed by atoms with Crippen LogP contribution in [-0.4, -0.2) is 46.5 Å². The van der Waals surface area contributed by atoms with Crippen LogP contribution in [0.4, 0.5) is 0 Å². The molecule has 1 amide bonds. The standard InChI is InChI=1S/C21H25N5O3S2/c27-20(23-13-17-4-6-18(7-5-17)14-25-16-22-15-24-25)12-19-8-9-21(30-19)31(28,29)26-10-2-1-3-11-26/h4-9,15-16H,1-3,10-14H2,(H,23,27). The smallest absolute Gasteiger partial charge is 0.252 e. The Morgan fingerprint density at radius 3 is 2.48 bits per heavy atom. The zero-order valence-electron chi connectivity index (χ0n) is 17.1. The van der Waals surface area contributed by atoms with Crippen molar-refractivity contribution in [1.29, 1.82) is 0 Å². The van der Waals surface area contributed by atoms with Crippen molar-refractivity contribution in [1.82, 2.24) is 24.4 Å². The SMILES string of the molecule is O=C(Cc1ccc(S(=O)(=O)N2CCCCC2)s1)NCc1ccc(Cn2cncn2)cc1. The fraction of sp³-hybridized carbons (Fsp3) is 0.381. The van der Waals surface area contributed by atoms with E-state index in [2.05, 4.69) is 15.4 Å². The van der Waals surface area contributed by atoms with E-state index in [1.165, 1.54) is 17.7 Å². The van der Waals surface area contributed by atoms with Crippen LogP contribution in [0.5, 0.6) is 0 Å². The Bertz CT molecular complexity index is 1100. The van der Waals surface area contributed by atoms with E-state index in [0.29, 0.717) is 30.4 Å². The molecular formula is C21H25N5O3S2. The molecule has 0 spiro atoms. The first-order chi connectivity index (χ1) is 15.0. The Hall–Kier alpha value is -2.56. The maximum atomic E-state index is 12.8. The summed E-state index contributed by atoms with van der Waals surface area (Å²) in [4.78, 5) is 17.0. The molecule has 10 heteroatoms. The molecule has 0 unspecified atom stereocenters. The summed E-state index contributed by atoms with van der Waals surface area (Å²) in [5.41, 5.74) is 2.09. The summed E-state index contributed by atoms with van der Waals surface area (Å²) in [6.07, 6.45) is 6.23. The second kappa shape index (κ2) is 9.71. The first kappa shape index (κ1) is 21.7. The Labute approximate surface area is 186 Å². The minimum Gasteiger partial charge on any atom is -0.352 e. The van der Waals surface area contributed by atoms with Crippen LogP contribution in [0.2, 0.25) is 0 Å². The summed E-state index contributed by atoms with van der Waals surface area (Å²) in [5.74, 6) is -0.129. The molecular weight excluding hydrogens is 434 g/mol. The van der Waals surface area contributed by atoms with Crippen molar-refractivity contribution in [3.8, 4) is 0 Å². The molecule has 1 aliphatic heterocycles. The Morgan fingerprint density at radius 2 is 1.77 bits per heavy atom. The number of hydrogen-bond donors (Lipinski definition) is 1. The Balaban J connectivity index is 1.28. The molecule has 1 saturated heterocycles. The van der Waals surface area contributed by atoms with Gasteiger partial charge in [0.25, 0.3) is 10.0 Å². The largest absolute Gasteiger partial charge is 0.352 e. The number of carbonyl (C=O) groups excluding carboxylic acids is 1. The van der Waals surface area contributed by atoms with Gasteiger partial charge in [-0.3, -0.25) is 4.79 Å². The zero-order chi connectivity index (χ0) is 21.7. The predicted octanol–water partition coefficient (Wildman–Crippen LogP) is 2.42. The van der Waals surface area contributed by atoms with E-state index >= 15 is 0 Å². The van der Waals surface area contributed by atoms with Gasteiger partial charge in [0.05, 0.1) is 13.0 Å². The van der Waals surface area contributed by atoms with E-state index in [0.717, 1.165) is 35.3 Å². The summed E-state index contributed by atoms with van der Waals surface area (Å²) in [5, 5.41) is 6.99. The number of amides is 1. The Morgan fingerprint density at radius 1 is 1.03 bits per heavy atom. The van der Waals surface area contributed by atoms with Gasteiger partial charge in [0.2, 0.25) is 5.91 Å². The van der Waals surface area contributed by atoms with Gasteiger partial charge >= 0.3 is 0 Å². The minimum atomic E-state index is -3.45. The quantitative estimate of drug-likeness (QED) is 0.558. The number of piperidine rings is 1. The molecule has 31 heavy (non-hydrogen) atoms. The number of benzene rings is 1. The molecule has 0 bridgehead atoms. The van der Waals surface area contributed by atoms with Crippen molar-refractivity contribution < 1.29 is 13.2 Å². The van der Waals surface area contributed by atoms with Gasteiger partial charge in [-0.05, 0) is 36.1 Å². The van der Waals surface area contributed by atoms with Crippen molar-refractivity contribution >= 4 is 27.3 Å². The lowest BCUT2D eigenvalue weighted by molar-refractivity contribution is -0.120. The third-order valence-corrected chi connectivity index (χ3v) is 8.66. The first-order valence-electron chi connectivity index (χ1n) is 10.3. The van der Waals surface area contributed by atoms with Crippen LogP contribution in [0.25, 0.3) is 0 Å². The molecule has 0 saturated carbocycles. The van der Waals surface area contributed by atoms with E-state index in [9.17, 15) is 13.2 Å². The number of hydrogen-bond acceptors (Lipinski definition) is 6. The van der Waals surface area contributed by atoms with Gasteiger partial charge in [0.15, 0.2) is 0 Å². The lowest BCUT2D eigenvalue weighted by Crippen LogP contribution is -2.35. The molecule has 1 aromatic carbocycles. The molecule has 0 aliphatic carbocycles. The molecule has 164 valence electrons. The van der Waals surface area contributed by atoms with Gasteiger partial charge in [-0.15, -0.1) is 11.3 Å². The van der Waals surface area contributed by atoms with Crippen LogP contribution in [0, 0.1) is 0 Å². The van der Waals surface area contributed by atoms with E-state index in [1.807, 2.05) is 24.3 Å². The normalized spacial score (nSPS) is 15.1. The third kappa shape index (κ3) is 5.57. The zero-order valence-corrected chi connectivity index (χ0v) is 18.7. The molecule has 1 fully saturated rings. The molecule has 2 aromatic heterocycles. The molecule has 1 N–H and O–H groups in total. The highest BCUT2D eigenvalue weighted by molar-refractivity contribution is 7.91.